The van der Waals surface area contributed by atoms with Crippen LogP contribution in [0.1, 0.15) is 12.5 Å². The number of allylic oxidation sites excluding steroid dienone is 1. The summed E-state index contributed by atoms with van der Waals surface area (Å²) < 4.78 is 16.0. The summed E-state index contributed by atoms with van der Waals surface area (Å²) in [5.74, 6) is 1.53. The summed E-state index contributed by atoms with van der Waals surface area (Å²) >= 11 is 0. The lowest BCUT2D eigenvalue weighted by molar-refractivity contribution is 0.252. The highest BCUT2D eigenvalue weighted by molar-refractivity contribution is 5.55. The number of ether oxygens (including phenoxy) is 3. The molecule has 0 spiro atoms. The molecule has 1 heterocycles. The van der Waals surface area contributed by atoms with Crippen LogP contribution in [-0.4, -0.2) is 26.4 Å². The summed E-state index contributed by atoms with van der Waals surface area (Å²) in [7, 11) is 1.65. The highest BCUT2D eigenvalue weighted by Gasteiger charge is 2.23. The quantitative estimate of drug-likeness (QED) is 0.714. The van der Waals surface area contributed by atoms with E-state index in [4.69, 9.17) is 14.2 Å². The third kappa shape index (κ3) is 2.76. The van der Waals surface area contributed by atoms with Crippen molar-refractivity contribution in [2.75, 3.05) is 20.3 Å². The van der Waals surface area contributed by atoms with Crippen LogP contribution in [-0.2, 0) is 4.74 Å². The fraction of sp³-hybridized carbons (Fsp3) is 0.385. The van der Waals surface area contributed by atoms with Gasteiger partial charge in [-0.05, 0) is 24.6 Å². The van der Waals surface area contributed by atoms with Gasteiger partial charge in [-0.2, -0.15) is 0 Å². The van der Waals surface area contributed by atoms with Crippen LogP contribution in [0.2, 0.25) is 0 Å². The van der Waals surface area contributed by atoms with Crippen molar-refractivity contribution in [3.05, 3.63) is 29.8 Å². The number of methoxy groups -OCH3 is 1. The van der Waals surface area contributed by atoms with Crippen LogP contribution in [0.25, 0.3) is 6.08 Å². The van der Waals surface area contributed by atoms with Gasteiger partial charge in [-0.3, -0.25) is 0 Å². The molecule has 1 aliphatic rings. The maximum Gasteiger partial charge on any atom is 0.161 e. The molecule has 0 bridgehead atoms. The second kappa shape index (κ2) is 5.03. The van der Waals surface area contributed by atoms with Gasteiger partial charge in [0.1, 0.15) is 12.7 Å². The Morgan fingerprint density at radius 3 is 2.88 bits per heavy atom. The van der Waals surface area contributed by atoms with Crippen LogP contribution in [0.15, 0.2) is 24.3 Å². The van der Waals surface area contributed by atoms with Crippen LogP contribution in [0.5, 0.6) is 11.5 Å². The summed E-state index contributed by atoms with van der Waals surface area (Å²) in [5, 5.41) is 0. The zero-order valence-corrected chi connectivity index (χ0v) is 9.60. The fourth-order valence-corrected chi connectivity index (χ4v) is 1.45. The van der Waals surface area contributed by atoms with Crippen LogP contribution >= 0.6 is 0 Å². The van der Waals surface area contributed by atoms with Gasteiger partial charge in [0.05, 0.1) is 13.7 Å². The van der Waals surface area contributed by atoms with E-state index in [1.807, 2.05) is 37.3 Å². The van der Waals surface area contributed by atoms with Crippen LogP contribution in [0, 0.1) is 0 Å². The van der Waals surface area contributed by atoms with E-state index in [-0.39, 0.29) is 6.10 Å². The van der Waals surface area contributed by atoms with E-state index < -0.39 is 0 Å². The van der Waals surface area contributed by atoms with E-state index in [2.05, 4.69) is 0 Å². The second-order valence-corrected chi connectivity index (χ2v) is 3.68. The van der Waals surface area contributed by atoms with Gasteiger partial charge in [0, 0.05) is 0 Å². The molecule has 86 valence electrons. The Morgan fingerprint density at radius 1 is 1.44 bits per heavy atom. The van der Waals surface area contributed by atoms with E-state index in [0.717, 1.165) is 23.7 Å². The second-order valence-electron chi connectivity index (χ2n) is 3.68. The number of hydrogen-bond donors (Lipinski definition) is 0. The standard InChI is InChI=1S/C13H16O3/c1-3-4-10-5-6-12(13(7-10)14-2)16-9-11-8-15-11/h3-7,11H,8-9H2,1-2H3/b4-3+/t11-/m0/s1. The third-order valence-corrected chi connectivity index (χ3v) is 2.37. The van der Waals surface area contributed by atoms with Crippen molar-refractivity contribution in [3.8, 4) is 11.5 Å². The smallest absolute Gasteiger partial charge is 0.161 e. The first kappa shape index (κ1) is 11.0. The number of rotatable bonds is 5. The van der Waals surface area contributed by atoms with E-state index in [0.29, 0.717) is 6.61 Å². The van der Waals surface area contributed by atoms with Crippen molar-refractivity contribution in [1.82, 2.24) is 0 Å². The normalized spacial score (nSPS) is 18.8. The molecule has 1 saturated heterocycles. The predicted molar refractivity (Wildman–Crippen MR) is 62.9 cm³/mol. The lowest BCUT2D eigenvalue weighted by Gasteiger charge is -2.10. The Balaban J connectivity index is 2.09. The van der Waals surface area contributed by atoms with E-state index >= 15 is 0 Å². The average molecular weight is 220 g/mol. The lowest BCUT2D eigenvalue weighted by atomic mass is 10.2. The molecule has 0 saturated carbocycles. The third-order valence-electron chi connectivity index (χ3n) is 2.37. The number of benzene rings is 1. The van der Waals surface area contributed by atoms with Gasteiger partial charge < -0.3 is 14.2 Å². The molecule has 3 nitrogen and oxygen atoms in total. The Hall–Kier alpha value is -1.48. The van der Waals surface area contributed by atoms with Gasteiger partial charge in [-0.1, -0.05) is 18.2 Å². The summed E-state index contributed by atoms with van der Waals surface area (Å²) in [4.78, 5) is 0. The van der Waals surface area contributed by atoms with Crippen LogP contribution in [0.3, 0.4) is 0 Å². The molecule has 0 N–H and O–H groups in total. The molecule has 16 heavy (non-hydrogen) atoms. The molecule has 1 aromatic rings. The largest absolute Gasteiger partial charge is 0.493 e. The Morgan fingerprint density at radius 2 is 2.25 bits per heavy atom. The molecule has 1 aliphatic heterocycles. The van der Waals surface area contributed by atoms with Gasteiger partial charge in [0.2, 0.25) is 0 Å². The SMILES string of the molecule is C/C=C/c1ccc(OC[C@@H]2CO2)c(OC)c1. The molecule has 1 atom stereocenters. The first-order chi connectivity index (χ1) is 7.83. The minimum Gasteiger partial charge on any atom is -0.493 e. The van der Waals surface area contributed by atoms with E-state index in [1.165, 1.54) is 0 Å². The maximum atomic E-state index is 5.61. The van der Waals surface area contributed by atoms with Crippen molar-refractivity contribution in [3.63, 3.8) is 0 Å². The fourth-order valence-electron chi connectivity index (χ4n) is 1.45. The molecule has 0 radical (unpaired) electrons. The molecule has 3 heteroatoms. The highest BCUT2D eigenvalue weighted by Crippen LogP contribution is 2.29. The molecule has 1 aromatic carbocycles. The Kier molecular flexibility index (Phi) is 3.47. The zero-order valence-electron chi connectivity index (χ0n) is 9.60. The molecule has 1 fully saturated rings. The van der Waals surface area contributed by atoms with Crippen LogP contribution in [0.4, 0.5) is 0 Å². The summed E-state index contributed by atoms with van der Waals surface area (Å²) in [6.07, 6.45) is 4.28. The monoisotopic (exact) mass is 220 g/mol. The number of epoxide rings is 1. The van der Waals surface area contributed by atoms with Crippen molar-refractivity contribution in [1.29, 1.82) is 0 Å². The number of hydrogen-bond acceptors (Lipinski definition) is 3. The van der Waals surface area contributed by atoms with Crippen molar-refractivity contribution < 1.29 is 14.2 Å². The van der Waals surface area contributed by atoms with Gasteiger partial charge in [0.15, 0.2) is 11.5 Å². The summed E-state index contributed by atoms with van der Waals surface area (Å²) in [5.41, 5.74) is 1.11. The molecule has 0 amide bonds. The van der Waals surface area contributed by atoms with Gasteiger partial charge >= 0.3 is 0 Å². The van der Waals surface area contributed by atoms with Gasteiger partial charge in [-0.25, -0.2) is 0 Å². The van der Waals surface area contributed by atoms with E-state index in [9.17, 15) is 0 Å². The van der Waals surface area contributed by atoms with Gasteiger partial charge in [0.25, 0.3) is 0 Å². The topological polar surface area (TPSA) is 31.0 Å². The predicted octanol–water partition coefficient (Wildman–Crippen LogP) is 2.51. The summed E-state index contributed by atoms with van der Waals surface area (Å²) in [6, 6.07) is 5.89. The first-order valence-electron chi connectivity index (χ1n) is 5.38. The molecular formula is C13H16O3. The molecule has 0 aliphatic carbocycles. The molecule has 2 rings (SSSR count). The minimum absolute atomic E-state index is 0.264. The van der Waals surface area contributed by atoms with E-state index in [1.54, 1.807) is 7.11 Å². The van der Waals surface area contributed by atoms with Crippen molar-refractivity contribution in [2.45, 2.75) is 13.0 Å². The molecule has 0 aromatic heterocycles. The Labute approximate surface area is 95.6 Å². The van der Waals surface area contributed by atoms with Crippen molar-refractivity contribution in [2.24, 2.45) is 0 Å². The highest BCUT2D eigenvalue weighted by atomic mass is 16.6. The van der Waals surface area contributed by atoms with Crippen LogP contribution < -0.4 is 9.47 Å². The molecular weight excluding hydrogens is 204 g/mol. The average Bonchev–Trinajstić information content (AvgIpc) is 3.11. The first-order valence-corrected chi connectivity index (χ1v) is 5.38. The van der Waals surface area contributed by atoms with Gasteiger partial charge in [-0.15, -0.1) is 0 Å². The van der Waals surface area contributed by atoms with Crippen molar-refractivity contribution >= 4 is 6.08 Å². The zero-order chi connectivity index (χ0) is 11.4. The summed E-state index contributed by atoms with van der Waals surface area (Å²) in [6.45, 7) is 3.39. The lowest BCUT2D eigenvalue weighted by Crippen LogP contribution is -2.05. The Bertz CT molecular complexity index is 381. The molecule has 0 unspecified atom stereocenters. The minimum atomic E-state index is 0.264. The maximum absolute atomic E-state index is 5.61.